The van der Waals surface area contributed by atoms with Gasteiger partial charge in [0.1, 0.15) is 0 Å². The van der Waals surface area contributed by atoms with Crippen LogP contribution in [0.1, 0.15) is 53.9 Å². The lowest BCUT2D eigenvalue weighted by Crippen LogP contribution is -2.51. The Morgan fingerprint density at radius 3 is 2.11 bits per heavy atom. The molecule has 4 nitrogen and oxygen atoms in total. The lowest BCUT2D eigenvalue weighted by Gasteiger charge is -2.33. The molecule has 0 aliphatic carbocycles. The molecular weight excluding hydrogens is 228 g/mol. The summed E-state index contributed by atoms with van der Waals surface area (Å²) in [5, 5.41) is 12.1. The third-order valence-corrected chi connectivity index (χ3v) is 4.00. The van der Waals surface area contributed by atoms with E-state index in [-0.39, 0.29) is 23.3 Å². The lowest BCUT2D eigenvalue weighted by atomic mass is 9.79. The maximum atomic E-state index is 12.0. The highest BCUT2D eigenvalue weighted by Crippen LogP contribution is 2.29. The van der Waals surface area contributed by atoms with Crippen molar-refractivity contribution in [1.29, 1.82) is 0 Å². The van der Waals surface area contributed by atoms with Crippen molar-refractivity contribution in [3.8, 4) is 0 Å². The lowest BCUT2D eigenvalue weighted by molar-refractivity contribution is -0.125. The van der Waals surface area contributed by atoms with E-state index < -0.39 is 6.04 Å². The molecule has 0 aliphatic heterocycles. The van der Waals surface area contributed by atoms with E-state index in [2.05, 4.69) is 19.2 Å². The second kappa shape index (κ2) is 7.10. The van der Waals surface area contributed by atoms with Gasteiger partial charge in [-0.2, -0.15) is 0 Å². The Balaban J connectivity index is 4.49. The molecule has 0 bridgehead atoms. The van der Waals surface area contributed by atoms with Crippen LogP contribution in [0.15, 0.2) is 0 Å². The fourth-order valence-electron chi connectivity index (χ4n) is 1.96. The molecule has 0 aromatic rings. The number of nitrogens with two attached hydrogens (primary N) is 1. The van der Waals surface area contributed by atoms with E-state index in [1.54, 1.807) is 0 Å². The monoisotopic (exact) mass is 258 g/mol. The summed E-state index contributed by atoms with van der Waals surface area (Å²) in [5.41, 5.74) is 5.67. The fraction of sp³-hybridized carbons (Fsp3) is 0.929. The highest BCUT2D eigenvalue weighted by molar-refractivity contribution is 5.82. The summed E-state index contributed by atoms with van der Waals surface area (Å²) < 4.78 is 0. The zero-order valence-electron chi connectivity index (χ0n) is 12.5. The van der Waals surface area contributed by atoms with E-state index >= 15 is 0 Å². The Bertz CT molecular complexity index is 255. The van der Waals surface area contributed by atoms with Gasteiger partial charge in [-0.15, -0.1) is 0 Å². The van der Waals surface area contributed by atoms with Gasteiger partial charge < -0.3 is 16.2 Å². The first-order chi connectivity index (χ1) is 8.22. The minimum absolute atomic E-state index is 0.0119. The van der Waals surface area contributed by atoms with E-state index in [9.17, 15) is 4.79 Å². The topological polar surface area (TPSA) is 75.3 Å². The molecule has 0 aromatic heterocycles. The van der Waals surface area contributed by atoms with Crippen molar-refractivity contribution >= 4 is 5.91 Å². The van der Waals surface area contributed by atoms with Crippen LogP contribution in [0.2, 0.25) is 0 Å². The van der Waals surface area contributed by atoms with E-state index in [0.717, 1.165) is 12.8 Å². The Hall–Kier alpha value is -0.610. The average Bonchev–Trinajstić information content (AvgIpc) is 2.32. The normalized spacial score (nSPS) is 14.4. The Morgan fingerprint density at radius 2 is 1.78 bits per heavy atom. The molecule has 1 atom stereocenters. The van der Waals surface area contributed by atoms with Gasteiger partial charge in [0.25, 0.3) is 0 Å². The zero-order valence-corrected chi connectivity index (χ0v) is 12.5. The molecule has 18 heavy (non-hydrogen) atoms. The van der Waals surface area contributed by atoms with Gasteiger partial charge in [-0.05, 0) is 30.1 Å². The maximum Gasteiger partial charge on any atom is 0.237 e. The van der Waals surface area contributed by atoms with Gasteiger partial charge in [-0.3, -0.25) is 4.79 Å². The van der Waals surface area contributed by atoms with Crippen molar-refractivity contribution < 1.29 is 9.90 Å². The smallest absolute Gasteiger partial charge is 0.237 e. The van der Waals surface area contributed by atoms with E-state index in [4.69, 9.17) is 10.8 Å². The van der Waals surface area contributed by atoms with Gasteiger partial charge in [0.05, 0.1) is 6.04 Å². The number of hydrogen-bond acceptors (Lipinski definition) is 3. The molecule has 4 heteroatoms. The summed E-state index contributed by atoms with van der Waals surface area (Å²) in [4.78, 5) is 12.0. The van der Waals surface area contributed by atoms with Gasteiger partial charge in [-0.1, -0.05) is 34.6 Å². The molecule has 4 N–H and O–H groups in total. The highest BCUT2D eigenvalue weighted by atomic mass is 16.3. The van der Waals surface area contributed by atoms with Crippen LogP contribution in [0.5, 0.6) is 0 Å². The number of carbonyl (C=O) groups excluding carboxylic acids is 1. The highest BCUT2D eigenvalue weighted by Gasteiger charge is 2.30. The minimum atomic E-state index is -0.502. The molecule has 0 saturated heterocycles. The van der Waals surface area contributed by atoms with Gasteiger partial charge in [0.15, 0.2) is 0 Å². The third-order valence-electron chi connectivity index (χ3n) is 4.00. The Kier molecular flexibility index (Phi) is 6.86. The number of aliphatic hydroxyl groups excluding tert-OH is 1. The second-order valence-electron chi connectivity index (χ2n) is 6.24. The summed E-state index contributed by atoms with van der Waals surface area (Å²) in [6.07, 6.45) is 2.59. The largest absolute Gasteiger partial charge is 0.396 e. The quantitative estimate of drug-likeness (QED) is 0.650. The van der Waals surface area contributed by atoms with Gasteiger partial charge in [-0.25, -0.2) is 0 Å². The summed E-state index contributed by atoms with van der Waals surface area (Å²) in [6.45, 7) is 10.8. The molecule has 0 unspecified atom stereocenters. The van der Waals surface area contributed by atoms with Crippen LogP contribution >= 0.6 is 0 Å². The molecular formula is C14H30N2O2. The van der Waals surface area contributed by atoms with E-state index in [1.165, 1.54) is 0 Å². The zero-order chi connectivity index (χ0) is 14.4. The standard InChI is InChI=1S/C14H30N2O2/c1-6-14(7-2,8-9-17)10-16-12(18)11(15)13(3,4)5/h11,17H,6-10,15H2,1-5H3,(H,16,18)/t11-/m1/s1. The molecule has 0 aliphatic rings. The van der Waals surface area contributed by atoms with Crippen molar-refractivity contribution in [2.24, 2.45) is 16.6 Å². The third kappa shape index (κ3) is 4.94. The molecule has 0 fully saturated rings. The SMILES string of the molecule is CCC(CC)(CCO)CNC(=O)[C@@H](N)C(C)(C)C. The number of hydrogen-bond donors (Lipinski definition) is 3. The number of amides is 1. The number of rotatable bonds is 7. The summed E-state index contributed by atoms with van der Waals surface area (Å²) >= 11 is 0. The molecule has 108 valence electrons. The predicted octanol–water partition coefficient (Wildman–Crippen LogP) is 1.66. The summed E-state index contributed by atoms with van der Waals surface area (Å²) in [5.74, 6) is -0.105. The second-order valence-corrected chi connectivity index (χ2v) is 6.24. The molecule has 0 rings (SSSR count). The van der Waals surface area contributed by atoms with Crippen molar-refractivity contribution in [2.75, 3.05) is 13.2 Å². The van der Waals surface area contributed by atoms with Gasteiger partial charge in [0.2, 0.25) is 5.91 Å². The molecule has 0 spiro atoms. The van der Waals surface area contributed by atoms with Gasteiger partial charge in [0, 0.05) is 13.2 Å². The summed E-state index contributed by atoms with van der Waals surface area (Å²) in [6, 6.07) is -0.502. The molecule has 0 radical (unpaired) electrons. The van der Waals surface area contributed by atoms with Crippen LogP contribution in [0.4, 0.5) is 0 Å². The fourth-order valence-corrected chi connectivity index (χ4v) is 1.96. The van der Waals surface area contributed by atoms with Crippen LogP contribution in [0, 0.1) is 10.8 Å². The van der Waals surface area contributed by atoms with Crippen LogP contribution in [-0.4, -0.2) is 30.2 Å². The number of carbonyl (C=O) groups is 1. The van der Waals surface area contributed by atoms with Crippen LogP contribution in [0.25, 0.3) is 0 Å². The van der Waals surface area contributed by atoms with Crippen molar-refractivity contribution in [3.05, 3.63) is 0 Å². The molecule has 1 amide bonds. The Labute approximate surface area is 111 Å². The average molecular weight is 258 g/mol. The summed E-state index contributed by atoms with van der Waals surface area (Å²) in [7, 11) is 0. The van der Waals surface area contributed by atoms with Gasteiger partial charge >= 0.3 is 0 Å². The molecule has 0 heterocycles. The maximum absolute atomic E-state index is 12.0. The number of aliphatic hydroxyl groups is 1. The van der Waals surface area contributed by atoms with E-state index in [1.807, 2.05) is 20.8 Å². The predicted molar refractivity (Wildman–Crippen MR) is 75.2 cm³/mol. The van der Waals surface area contributed by atoms with Crippen molar-refractivity contribution in [3.63, 3.8) is 0 Å². The minimum Gasteiger partial charge on any atom is -0.396 e. The van der Waals surface area contributed by atoms with Crippen LogP contribution < -0.4 is 11.1 Å². The van der Waals surface area contributed by atoms with E-state index in [0.29, 0.717) is 13.0 Å². The van der Waals surface area contributed by atoms with Crippen molar-refractivity contribution in [1.82, 2.24) is 5.32 Å². The molecule has 0 aromatic carbocycles. The first kappa shape index (κ1) is 17.4. The first-order valence-corrected chi connectivity index (χ1v) is 6.86. The Morgan fingerprint density at radius 1 is 1.28 bits per heavy atom. The van der Waals surface area contributed by atoms with Crippen molar-refractivity contribution in [2.45, 2.75) is 59.9 Å². The van der Waals surface area contributed by atoms with Crippen LogP contribution in [0.3, 0.4) is 0 Å². The molecule has 0 saturated carbocycles. The first-order valence-electron chi connectivity index (χ1n) is 6.86. The number of nitrogens with one attached hydrogen (secondary N) is 1. The van der Waals surface area contributed by atoms with Crippen LogP contribution in [-0.2, 0) is 4.79 Å².